The van der Waals surface area contributed by atoms with Crippen LogP contribution in [-0.2, 0) is 9.59 Å². The summed E-state index contributed by atoms with van der Waals surface area (Å²) in [6.45, 7) is 2.67. The van der Waals surface area contributed by atoms with Gasteiger partial charge < -0.3 is 21.5 Å². The molecule has 0 aliphatic carbocycles. The van der Waals surface area contributed by atoms with Gasteiger partial charge in [0.05, 0.1) is 0 Å². The van der Waals surface area contributed by atoms with Gasteiger partial charge >= 0.3 is 12.0 Å². The number of hydrogen-bond donors (Lipinski definition) is 4. The standard InChI is InChI=1S/C14H27N3O4/c1-2-3-4-5-6-7-10-16-14(21)17-11(13(19)20)8-9-12(15)18/h11H,2-10H2,1H3,(H2,15,18)(H,19,20)(H2,16,17,21)/t11-/m1/s1. The van der Waals surface area contributed by atoms with Crippen molar-refractivity contribution in [1.29, 1.82) is 0 Å². The van der Waals surface area contributed by atoms with Crippen LogP contribution in [0.3, 0.4) is 0 Å². The van der Waals surface area contributed by atoms with Crippen LogP contribution in [0.5, 0.6) is 0 Å². The molecule has 0 saturated carbocycles. The minimum atomic E-state index is -1.18. The van der Waals surface area contributed by atoms with Gasteiger partial charge in [0.25, 0.3) is 0 Å². The molecule has 0 fully saturated rings. The average Bonchev–Trinajstić information content (AvgIpc) is 2.41. The van der Waals surface area contributed by atoms with E-state index < -0.39 is 23.9 Å². The summed E-state index contributed by atoms with van der Waals surface area (Å²) in [5.41, 5.74) is 4.96. The van der Waals surface area contributed by atoms with Crippen molar-refractivity contribution in [2.75, 3.05) is 6.54 Å². The van der Waals surface area contributed by atoms with E-state index in [1.54, 1.807) is 0 Å². The molecule has 0 aliphatic rings. The molecule has 0 aliphatic heterocycles. The largest absolute Gasteiger partial charge is 0.480 e. The first kappa shape index (κ1) is 19.2. The third-order valence-corrected chi connectivity index (χ3v) is 3.10. The molecule has 7 nitrogen and oxygen atoms in total. The molecule has 7 heteroatoms. The summed E-state index contributed by atoms with van der Waals surface area (Å²) in [4.78, 5) is 33.1. The molecule has 0 radical (unpaired) electrons. The molecule has 0 heterocycles. The topological polar surface area (TPSA) is 122 Å². The van der Waals surface area contributed by atoms with Gasteiger partial charge in [0.15, 0.2) is 0 Å². The molecule has 0 unspecified atom stereocenters. The van der Waals surface area contributed by atoms with Crippen LogP contribution in [0.4, 0.5) is 4.79 Å². The fourth-order valence-corrected chi connectivity index (χ4v) is 1.86. The summed E-state index contributed by atoms with van der Waals surface area (Å²) in [6, 6.07) is -1.62. The van der Waals surface area contributed by atoms with Crippen molar-refractivity contribution in [2.45, 2.75) is 64.3 Å². The molecule has 3 amide bonds. The normalized spacial score (nSPS) is 11.7. The Labute approximate surface area is 125 Å². The minimum Gasteiger partial charge on any atom is -0.480 e. The van der Waals surface area contributed by atoms with Gasteiger partial charge in [0.1, 0.15) is 6.04 Å². The Morgan fingerprint density at radius 2 is 1.71 bits per heavy atom. The first-order chi connectivity index (χ1) is 9.97. The van der Waals surface area contributed by atoms with Gasteiger partial charge in [0.2, 0.25) is 5.91 Å². The van der Waals surface area contributed by atoms with E-state index in [2.05, 4.69) is 17.6 Å². The zero-order valence-electron chi connectivity index (χ0n) is 12.7. The Hall–Kier alpha value is -1.79. The molecule has 0 rings (SSSR count). The van der Waals surface area contributed by atoms with Crippen molar-refractivity contribution in [3.63, 3.8) is 0 Å². The summed E-state index contributed by atoms with van der Waals surface area (Å²) in [7, 11) is 0. The fourth-order valence-electron chi connectivity index (χ4n) is 1.86. The second kappa shape index (κ2) is 12.0. The quantitative estimate of drug-likeness (QED) is 0.407. The van der Waals surface area contributed by atoms with Crippen LogP contribution in [0.2, 0.25) is 0 Å². The van der Waals surface area contributed by atoms with Crippen molar-refractivity contribution >= 4 is 17.9 Å². The van der Waals surface area contributed by atoms with Crippen molar-refractivity contribution < 1.29 is 19.5 Å². The monoisotopic (exact) mass is 301 g/mol. The number of carboxylic acids is 1. The lowest BCUT2D eigenvalue weighted by molar-refractivity contribution is -0.139. The highest BCUT2D eigenvalue weighted by atomic mass is 16.4. The van der Waals surface area contributed by atoms with Gasteiger partial charge in [-0.05, 0) is 12.8 Å². The van der Waals surface area contributed by atoms with E-state index in [0.717, 1.165) is 19.3 Å². The van der Waals surface area contributed by atoms with Crippen LogP contribution < -0.4 is 16.4 Å². The van der Waals surface area contributed by atoms with Crippen LogP contribution in [0.25, 0.3) is 0 Å². The average molecular weight is 301 g/mol. The van der Waals surface area contributed by atoms with E-state index in [1.807, 2.05) is 0 Å². The predicted octanol–water partition coefficient (Wildman–Crippen LogP) is 1.36. The molecule has 1 atom stereocenters. The van der Waals surface area contributed by atoms with Crippen molar-refractivity contribution in [3.05, 3.63) is 0 Å². The van der Waals surface area contributed by atoms with Gasteiger partial charge in [-0.2, -0.15) is 0 Å². The predicted molar refractivity (Wildman–Crippen MR) is 79.8 cm³/mol. The van der Waals surface area contributed by atoms with E-state index in [4.69, 9.17) is 10.8 Å². The number of urea groups is 1. The number of carbonyl (C=O) groups is 3. The van der Waals surface area contributed by atoms with Crippen LogP contribution in [0.1, 0.15) is 58.3 Å². The molecule has 0 aromatic rings. The van der Waals surface area contributed by atoms with Gasteiger partial charge in [-0.15, -0.1) is 0 Å². The van der Waals surface area contributed by atoms with Gasteiger partial charge in [-0.3, -0.25) is 4.79 Å². The highest BCUT2D eigenvalue weighted by Gasteiger charge is 2.20. The maximum absolute atomic E-state index is 11.5. The Bertz CT molecular complexity index is 334. The number of carboxylic acid groups (broad SMARTS) is 1. The molecule has 122 valence electrons. The Balaban J connectivity index is 3.78. The maximum Gasteiger partial charge on any atom is 0.326 e. The molecular formula is C14H27N3O4. The van der Waals surface area contributed by atoms with E-state index in [9.17, 15) is 14.4 Å². The molecule has 0 saturated heterocycles. The van der Waals surface area contributed by atoms with Crippen LogP contribution >= 0.6 is 0 Å². The number of amides is 3. The number of carbonyl (C=O) groups excluding carboxylic acids is 2. The molecule has 0 spiro atoms. The third kappa shape index (κ3) is 11.7. The molecule has 21 heavy (non-hydrogen) atoms. The van der Waals surface area contributed by atoms with E-state index in [0.29, 0.717) is 6.54 Å². The van der Waals surface area contributed by atoms with Gasteiger partial charge in [0, 0.05) is 13.0 Å². The number of rotatable bonds is 12. The number of nitrogens with two attached hydrogens (primary N) is 1. The first-order valence-corrected chi connectivity index (χ1v) is 7.52. The Morgan fingerprint density at radius 3 is 2.29 bits per heavy atom. The van der Waals surface area contributed by atoms with Crippen molar-refractivity contribution in [3.8, 4) is 0 Å². The number of primary amides is 1. The number of unbranched alkanes of at least 4 members (excludes halogenated alkanes) is 5. The zero-order valence-corrected chi connectivity index (χ0v) is 12.7. The van der Waals surface area contributed by atoms with Gasteiger partial charge in [-0.1, -0.05) is 39.0 Å². The SMILES string of the molecule is CCCCCCCCNC(=O)N[C@H](CCC(N)=O)C(=O)O. The van der Waals surface area contributed by atoms with E-state index >= 15 is 0 Å². The summed E-state index contributed by atoms with van der Waals surface area (Å²) >= 11 is 0. The van der Waals surface area contributed by atoms with Crippen LogP contribution in [-0.4, -0.2) is 35.6 Å². The fraction of sp³-hybridized carbons (Fsp3) is 0.786. The summed E-state index contributed by atoms with van der Waals surface area (Å²) in [5.74, 6) is -1.76. The smallest absolute Gasteiger partial charge is 0.326 e. The van der Waals surface area contributed by atoms with Gasteiger partial charge in [-0.25, -0.2) is 9.59 Å². The third-order valence-electron chi connectivity index (χ3n) is 3.10. The van der Waals surface area contributed by atoms with Crippen molar-refractivity contribution in [1.82, 2.24) is 10.6 Å². The molecule has 0 aromatic carbocycles. The second-order valence-corrected chi connectivity index (χ2v) is 5.06. The molecular weight excluding hydrogens is 274 g/mol. The minimum absolute atomic E-state index is 0.00486. The summed E-state index contributed by atoms with van der Waals surface area (Å²) < 4.78 is 0. The number of nitrogens with one attached hydrogen (secondary N) is 2. The van der Waals surface area contributed by atoms with E-state index in [-0.39, 0.29) is 12.8 Å². The Kier molecular flexibility index (Phi) is 11.0. The zero-order chi connectivity index (χ0) is 16.1. The van der Waals surface area contributed by atoms with Crippen LogP contribution in [0.15, 0.2) is 0 Å². The lowest BCUT2D eigenvalue weighted by Crippen LogP contribution is -2.46. The van der Waals surface area contributed by atoms with Crippen LogP contribution in [0, 0.1) is 0 Å². The highest BCUT2D eigenvalue weighted by molar-refractivity contribution is 5.83. The Morgan fingerprint density at radius 1 is 1.10 bits per heavy atom. The van der Waals surface area contributed by atoms with Crippen molar-refractivity contribution in [2.24, 2.45) is 5.73 Å². The molecule has 5 N–H and O–H groups in total. The summed E-state index contributed by atoms with van der Waals surface area (Å²) in [5, 5.41) is 13.9. The second-order valence-electron chi connectivity index (χ2n) is 5.06. The lowest BCUT2D eigenvalue weighted by Gasteiger charge is -2.14. The lowest BCUT2D eigenvalue weighted by atomic mass is 10.1. The summed E-state index contributed by atoms with van der Waals surface area (Å²) in [6.07, 6.45) is 6.62. The van der Waals surface area contributed by atoms with E-state index in [1.165, 1.54) is 19.3 Å². The molecule has 0 bridgehead atoms. The number of hydrogen-bond acceptors (Lipinski definition) is 3. The highest BCUT2D eigenvalue weighted by Crippen LogP contribution is 2.04. The maximum atomic E-state index is 11.5. The first-order valence-electron chi connectivity index (χ1n) is 7.52. The number of aliphatic carboxylic acids is 1. The molecule has 0 aromatic heterocycles.